The van der Waals surface area contributed by atoms with Gasteiger partial charge in [0.1, 0.15) is 6.10 Å². The summed E-state index contributed by atoms with van der Waals surface area (Å²) in [6.07, 6.45) is 6.71. The van der Waals surface area contributed by atoms with Gasteiger partial charge in [0, 0.05) is 24.7 Å². The largest absolute Gasteiger partial charge is 0.480 e. The summed E-state index contributed by atoms with van der Waals surface area (Å²) in [5.74, 6) is 0.526. The van der Waals surface area contributed by atoms with Crippen LogP contribution in [0.2, 0.25) is 0 Å². The van der Waals surface area contributed by atoms with Crippen molar-refractivity contribution in [3.63, 3.8) is 0 Å². The van der Waals surface area contributed by atoms with Crippen LogP contribution >= 0.6 is 0 Å². The van der Waals surface area contributed by atoms with Gasteiger partial charge in [-0.05, 0) is 44.7 Å². The van der Waals surface area contributed by atoms with Crippen LogP contribution in [0.4, 0.5) is 5.69 Å². The van der Waals surface area contributed by atoms with Crippen LogP contribution in [0.15, 0.2) is 36.7 Å². The number of hydrogen-bond donors (Lipinski definition) is 1. The Kier molecular flexibility index (Phi) is 6.34. The first kappa shape index (κ1) is 21.1. The molecule has 4 rings (SSSR count). The van der Waals surface area contributed by atoms with Crippen molar-refractivity contribution in [2.24, 2.45) is 5.92 Å². The molecule has 2 aliphatic rings. The Morgan fingerprint density at radius 3 is 2.52 bits per heavy atom. The van der Waals surface area contributed by atoms with Crippen LogP contribution in [-0.4, -0.2) is 47.6 Å². The van der Waals surface area contributed by atoms with Gasteiger partial charge in [-0.1, -0.05) is 17.7 Å². The zero-order chi connectivity index (χ0) is 21.8. The van der Waals surface area contributed by atoms with Gasteiger partial charge in [-0.15, -0.1) is 0 Å². The van der Waals surface area contributed by atoms with E-state index in [9.17, 15) is 9.59 Å². The SMILES string of the molecule is COc1cncc(OC2CCC(NC(=O)C3CC(=O)N(c4ccc(C)cc4)C3)CC2)n1. The first-order valence-electron chi connectivity index (χ1n) is 10.7. The van der Waals surface area contributed by atoms with Crippen molar-refractivity contribution in [2.45, 2.75) is 51.2 Å². The van der Waals surface area contributed by atoms with Crippen LogP contribution < -0.4 is 19.7 Å². The van der Waals surface area contributed by atoms with Crippen molar-refractivity contribution < 1.29 is 19.1 Å². The summed E-state index contributed by atoms with van der Waals surface area (Å²) in [6, 6.07) is 7.93. The maximum atomic E-state index is 12.8. The molecule has 0 radical (unpaired) electrons. The third-order valence-corrected chi connectivity index (χ3v) is 5.95. The smallest absolute Gasteiger partial charge is 0.235 e. The minimum atomic E-state index is -0.310. The summed E-state index contributed by atoms with van der Waals surface area (Å²) in [4.78, 5) is 35.2. The Labute approximate surface area is 182 Å². The molecule has 31 heavy (non-hydrogen) atoms. The molecule has 1 aliphatic carbocycles. The first-order chi connectivity index (χ1) is 15.0. The number of carbonyl (C=O) groups is 2. The zero-order valence-corrected chi connectivity index (χ0v) is 17.9. The molecule has 2 amide bonds. The normalized spacial score (nSPS) is 23.5. The summed E-state index contributed by atoms with van der Waals surface area (Å²) in [7, 11) is 1.54. The van der Waals surface area contributed by atoms with Gasteiger partial charge in [-0.3, -0.25) is 14.6 Å². The first-order valence-corrected chi connectivity index (χ1v) is 10.7. The predicted octanol–water partition coefficient (Wildman–Crippen LogP) is 2.65. The van der Waals surface area contributed by atoms with Crippen LogP contribution in [-0.2, 0) is 9.59 Å². The number of rotatable bonds is 6. The summed E-state index contributed by atoms with van der Waals surface area (Å²) < 4.78 is 11.0. The number of hydrogen-bond acceptors (Lipinski definition) is 6. The predicted molar refractivity (Wildman–Crippen MR) is 115 cm³/mol. The van der Waals surface area contributed by atoms with Crippen molar-refractivity contribution in [3.05, 3.63) is 42.2 Å². The number of benzene rings is 1. The minimum Gasteiger partial charge on any atom is -0.480 e. The van der Waals surface area contributed by atoms with Crippen molar-refractivity contribution in [1.82, 2.24) is 15.3 Å². The van der Waals surface area contributed by atoms with E-state index in [0.717, 1.165) is 36.9 Å². The number of aromatic nitrogens is 2. The quantitative estimate of drug-likeness (QED) is 0.766. The highest BCUT2D eigenvalue weighted by Gasteiger charge is 2.36. The monoisotopic (exact) mass is 424 g/mol. The topological polar surface area (TPSA) is 93.7 Å². The van der Waals surface area contributed by atoms with Gasteiger partial charge in [0.25, 0.3) is 0 Å². The third kappa shape index (κ3) is 5.13. The molecular weight excluding hydrogens is 396 g/mol. The highest BCUT2D eigenvalue weighted by molar-refractivity contribution is 6.00. The van der Waals surface area contributed by atoms with Crippen molar-refractivity contribution >= 4 is 17.5 Å². The number of aryl methyl sites for hydroxylation is 1. The molecule has 0 bridgehead atoms. The average molecular weight is 425 g/mol. The molecule has 164 valence electrons. The van der Waals surface area contributed by atoms with Gasteiger partial charge < -0.3 is 19.7 Å². The number of anilines is 1. The van der Waals surface area contributed by atoms with Gasteiger partial charge in [0.05, 0.1) is 25.4 Å². The van der Waals surface area contributed by atoms with Gasteiger partial charge in [0.15, 0.2) is 0 Å². The number of nitrogens with zero attached hydrogens (tertiary/aromatic N) is 3. The Hall–Kier alpha value is -3.16. The van der Waals surface area contributed by atoms with E-state index in [1.165, 1.54) is 6.20 Å². The van der Waals surface area contributed by atoms with Crippen molar-refractivity contribution in [2.75, 3.05) is 18.6 Å². The molecule has 1 atom stereocenters. The summed E-state index contributed by atoms with van der Waals surface area (Å²) in [5.41, 5.74) is 1.99. The Morgan fingerprint density at radius 1 is 1.10 bits per heavy atom. The van der Waals surface area contributed by atoms with Crippen molar-refractivity contribution in [3.8, 4) is 11.8 Å². The molecule has 2 heterocycles. The Balaban J connectivity index is 1.25. The molecule has 0 spiro atoms. The lowest BCUT2D eigenvalue weighted by atomic mass is 9.92. The number of nitrogens with one attached hydrogen (secondary N) is 1. The van der Waals surface area contributed by atoms with E-state index < -0.39 is 0 Å². The van der Waals surface area contributed by atoms with E-state index in [0.29, 0.717) is 18.3 Å². The zero-order valence-electron chi connectivity index (χ0n) is 17.9. The van der Waals surface area contributed by atoms with Gasteiger partial charge >= 0.3 is 0 Å². The molecular formula is C23H28N4O4. The maximum absolute atomic E-state index is 12.8. The van der Waals surface area contributed by atoms with Crippen LogP contribution in [0.5, 0.6) is 11.8 Å². The van der Waals surface area contributed by atoms with Crippen LogP contribution in [0.1, 0.15) is 37.7 Å². The van der Waals surface area contributed by atoms with E-state index in [4.69, 9.17) is 9.47 Å². The second-order valence-electron chi connectivity index (χ2n) is 8.24. The molecule has 1 aromatic heterocycles. The molecule has 1 N–H and O–H groups in total. The van der Waals surface area contributed by atoms with E-state index in [1.54, 1.807) is 18.2 Å². The summed E-state index contributed by atoms with van der Waals surface area (Å²) in [6.45, 7) is 2.44. The second kappa shape index (κ2) is 9.32. The number of ether oxygens (including phenoxy) is 2. The molecule has 2 aromatic rings. The summed E-state index contributed by atoms with van der Waals surface area (Å²) >= 11 is 0. The standard InChI is InChI=1S/C23H28N4O4/c1-15-3-7-18(8-4-15)27-14-16(11-22(27)28)23(29)25-17-5-9-19(10-6-17)31-21-13-24-12-20(26-21)30-2/h3-4,7-8,12-13,16-17,19H,5-6,9-11,14H2,1-2H3,(H,25,29). The van der Waals surface area contributed by atoms with E-state index in [2.05, 4.69) is 15.3 Å². The third-order valence-electron chi connectivity index (χ3n) is 5.95. The molecule has 8 nitrogen and oxygen atoms in total. The Morgan fingerprint density at radius 2 is 1.81 bits per heavy atom. The van der Waals surface area contributed by atoms with Crippen LogP contribution in [0.3, 0.4) is 0 Å². The molecule has 1 saturated carbocycles. The number of methoxy groups -OCH3 is 1. The van der Waals surface area contributed by atoms with Crippen LogP contribution in [0.25, 0.3) is 0 Å². The molecule has 8 heteroatoms. The molecule has 1 saturated heterocycles. The fourth-order valence-corrected chi connectivity index (χ4v) is 4.16. The Bertz CT molecular complexity index is 925. The van der Waals surface area contributed by atoms with E-state index in [-0.39, 0.29) is 36.3 Å². The van der Waals surface area contributed by atoms with Gasteiger partial charge in [0.2, 0.25) is 23.6 Å². The fourth-order valence-electron chi connectivity index (χ4n) is 4.16. The van der Waals surface area contributed by atoms with Crippen molar-refractivity contribution in [1.29, 1.82) is 0 Å². The van der Waals surface area contributed by atoms with Gasteiger partial charge in [-0.25, -0.2) is 0 Å². The lowest BCUT2D eigenvalue weighted by molar-refractivity contribution is -0.127. The molecule has 1 aromatic carbocycles. The second-order valence-corrected chi connectivity index (χ2v) is 8.24. The van der Waals surface area contributed by atoms with E-state index in [1.807, 2.05) is 31.2 Å². The molecule has 2 fully saturated rings. The lowest BCUT2D eigenvalue weighted by Crippen LogP contribution is -2.43. The average Bonchev–Trinajstić information content (AvgIpc) is 3.17. The lowest BCUT2D eigenvalue weighted by Gasteiger charge is -2.29. The number of amides is 2. The minimum absolute atomic E-state index is 0.000472. The molecule has 1 unspecified atom stereocenters. The maximum Gasteiger partial charge on any atom is 0.235 e. The molecule has 1 aliphatic heterocycles. The highest BCUT2D eigenvalue weighted by Crippen LogP contribution is 2.27. The highest BCUT2D eigenvalue weighted by atomic mass is 16.5. The fraction of sp³-hybridized carbons (Fsp3) is 0.478. The van der Waals surface area contributed by atoms with Crippen LogP contribution in [0, 0.1) is 12.8 Å². The number of carbonyl (C=O) groups excluding carboxylic acids is 2. The van der Waals surface area contributed by atoms with Gasteiger partial charge in [-0.2, -0.15) is 4.98 Å². The van der Waals surface area contributed by atoms with E-state index >= 15 is 0 Å². The summed E-state index contributed by atoms with van der Waals surface area (Å²) in [5, 5.41) is 3.14.